The molecule has 31 heavy (non-hydrogen) atoms. The van der Waals surface area contributed by atoms with E-state index in [0.717, 1.165) is 44.3 Å². The van der Waals surface area contributed by atoms with E-state index in [-0.39, 0.29) is 24.7 Å². The molecule has 170 valence electrons. The maximum Gasteiger partial charge on any atom is 0.226 e. The first kappa shape index (κ1) is 21.2. The van der Waals surface area contributed by atoms with Crippen LogP contribution in [0.25, 0.3) is 0 Å². The molecule has 3 fully saturated rings. The molecular weight excluding hydrogens is 396 g/mol. The van der Waals surface area contributed by atoms with E-state index in [1.165, 1.54) is 5.56 Å². The number of aliphatic hydroxyl groups excluding tert-OH is 1. The van der Waals surface area contributed by atoms with Gasteiger partial charge in [-0.05, 0) is 56.1 Å². The Bertz CT molecular complexity index is 777. The van der Waals surface area contributed by atoms with E-state index in [9.17, 15) is 9.90 Å². The average Bonchev–Trinajstić information content (AvgIpc) is 2.78. The van der Waals surface area contributed by atoms with Crippen molar-refractivity contribution in [2.45, 2.75) is 74.8 Å². The molecule has 1 aromatic carbocycles. The fourth-order valence-electron chi connectivity index (χ4n) is 5.95. The molecule has 7 nitrogen and oxygen atoms in total. The van der Waals surface area contributed by atoms with Gasteiger partial charge in [0.15, 0.2) is 0 Å². The molecule has 4 heterocycles. The number of para-hydroxylation sites is 1. The largest absolute Gasteiger partial charge is 0.493 e. The number of morpholine rings is 1. The van der Waals surface area contributed by atoms with Crippen molar-refractivity contribution in [3.63, 3.8) is 0 Å². The number of ether oxygens (including phenoxy) is 3. The van der Waals surface area contributed by atoms with E-state index in [1.54, 1.807) is 0 Å². The molecule has 1 saturated carbocycles. The van der Waals surface area contributed by atoms with Crippen LogP contribution in [0, 0.1) is 0 Å². The van der Waals surface area contributed by atoms with Crippen LogP contribution in [0.3, 0.4) is 0 Å². The maximum atomic E-state index is 13.3. The minimum absolute atomic E-state index is 0.0780. The Morgan fingerprint density at radius 2 is 1.97 bits per heavy atom. The zero-order valence-corrected chi connectivity index (χ0v) is 18.1. The minimum atomic E-state index is -0.716. The highest BCUT2D eigenvalue weighted by Crippen LogP contribution is 2.39. The number of piperidine rings is 1. The fraction of sp³-hybridized carbons (Fsp3) is 0.708. The summed E-state index contributed by atoms with van der Waals surface area (Å²) in [5.41, 5.74) is 0.797. The van der Waals surface area contributed by atoms with Crippen molar-refractivity contribution in [2.75, 3.05) is 33.0 Å². The zero-order valence-electron chi connectivity index (χ0n) is 18.1. The van der Waals surface area contributed by atoms with Crippen molar-refractivity contribution in [2.24, 2.45) is 0 Å². The lowest BCUT2D eigenvalue weighted by atomic mass is 9.80. The third kappa shape index (κ3) is 4.33. The summed E-state index contributed by atoms with van der Waals surface area (Å²) in [5.74, 6) is 1.47. The summed E-state index contributed by atoms with van der Waals surface area (Å²) in [5, 5.41) is 13.6. The lowest BCUT2D eigenvalue weighted by Gasteiger charge is -2.53. The highest BCUT2D eigenvalue weighted by atomic mass is 16.5. The second-order valence-electron chi connectivity index (χ2n) is 9.48. The smallest absolute Gasteiger partial charge is 0.226 e. The van der Waals surface area contributed by atoms with Crippen molar-refractivity contribution in [3.05, 3.63) is 29.8 Å². The second-order valence-corrected chi connectivity index (χ2v) is 9.48. The number of rotatable bonds is 0. The second kappa shape index (κ2) is 9.06. The first-order chi connectivity index (χ1) is 15.1. The predicted molar refractivity (Wildman–Crippen MR) is 115 cm³/mol. The molecule has 7 heteroatoms. The van der Waals surface area contributed by atoms with Gasteiger partial charge in [-0.2, -0.15) is 0 Å². The normalized spacial score (nSPS) is 36.9. The SMILES string of the molecule is O=C1CCOc2ccccc2C2CCC(CC2)OC[C@@H]2N1CCC[C@@]21COCC(O)N1. The minimum Gasteiger partial charge on any atom is -0.493 e. The third-order valence-electron chi connectivity index (χ3n) is 7.54. The number of nitrogens with zero attached hydrogens (tertiary/aromatic N) is 1. The average molecular weight is 431 g/mol. The van der Waals surface area contributed by atoms with Crippen molar-refractivity contribution in [1.29, 1.82) is 0 Å². The number of fused-ring (bicyclic) bond motifs is 6. The third-order valence-corrected chi connectivity index (χ3v) is 7.54. The van der Waals surface area contributed by atoms with Gasteiger partial charge >= 0.3 is 0 Å². The van der Waals surface area contributed by atoms with Gasteiger partial charge in [-0.1, -0.05) is 18.2 Å². The Kier molecular flexibility index (Phi) is 6.19. The zero-order chi connectivity index (χ0) is 21.3. The van der Waals surface area contributed by atoms with E-state index in [4.69, 9.17) is 14.2 Å². The van der Waals surface area contributed by atoms with Crippen molar-refractivity contribution in [3.8, 4) is 5.75 Å². The van der Waals surface area contributed by atoms with E-state index < -0.39 is 11.8 Å². The monoisotopic (exact) mass is 430 g/mol. The van der Waals surface area contributed by atoms with Crippen molar-refractivity contribution in [1.82, 2.24) is 10.2 Å². The van der Waals surface area contributed by atoms with Gasteiger partial charge in [0.25, 0.3) is 0 Å². The maximum absolute atomic E-state index is 13.3. The van der Waals surface area contributed by atoms with Gasteiger partial charge in [0.05, 0.1) is 50.5 Å². The van der Waals surface area contributed by atoms with Gasteiger partial charge in [-0.3, -0.25) is 10.1 Å². The van der Waals surface area contributed by atoms with E-state index in [2.05, 4.69) is 17.4 Å². The molecule has 5 aliphatic rings. The summed E-state index contributed by atoms with van der Waals surface area (Å²) < 4.78 is 18.3. The summed E-state index contributed by atoms with van der Waals surface area (Å²) in [6.45, 7) is 2.31. The Morgan fingerprint density at radius 1 is 1.13 bits per heavy atom. The van der Waals surface area contributed by atoms with E-state index in [0.29, 0.717) is 38.7 Å². The van der Waals surface area contributed by atoms with Crippen LogP contribution in [0.5, 0.6) is 5.75 Å². The van der Waals surface area contributed by atoms with E-state index in [1.807, 2.05) is 17.0 Å². The molecule has 1 aliphatic carbocycles. The number of carbonyl (C=O) groups is 1. The lowest BCUT2D eigenvalue weighted by molar-refractivity contribution is -0.157. The van der Waals surface area contributed by atoms with Crippen molar-refractivity contribution >= 4 is 5.91 Å². The van der Waals surface area contributed by atoms with Crippen LogP contribution >= 0.6 is 0 Å². The molecule has 0 radical (unpaired) electrons. The summed E-state index contributed by atoms with van der Waals surface area (Å²) in [7, 11) is 0. The highest BCUT2D eigenvalue weighted by molar-refractivity contribution is 5.77. The van der Waals surface area contributed by atoms with Crippen LogP contribution in [0.1, 0.15) is 56.4 Å². The van der Waals surface area contributed by atoms with Crippen molar-refractivity contribution < 1.29 is 24.1 Å². The number of hydrogen-bond donors (Lipinski definition) is 2. The first-order valence-electron chi connectivity index (χ1n) is 11.8. The highest BCUT2D eigenvalue weighted by Gasteiger charge is 2.49. The molecule has 3 atom stereocenters. The summed E-state index contributed by atoms with van der Waals surface area (Å²) in [6, 6.07) is 8.11. The molecule has 1 aromatic rings. The number of amides is 1. The lowest BCUT2D eigenvalue weighted by Crippen LogP contribution is -2.72. The van der Waals surface area contributed by atoms with Gasteiger partial charge < -0.3 is 24.2 Å². The Hall–Kier alpha value is -1.67. The van der Waals surface area contributed by atoms with Gasteiger partial charge in [0.2, 0.25) is 5.91 Å². The molecule has 1 amide bonds. The number of aliphatic hydroxyl groups is 1. The van der Waals surface area contributed by atoms with Crippen LogP contribution in [-0.4, -0.2) is 72.8 Å². The number of hydrogen-bond acceptors (Lipinski definition) is 6. The number of nitrogens with one attached hydrogen (secondary N) is 1. The molecule has 6 rings (SSSR count). The standard InChI is InChI=1S/C24H34N2O5/c27-22-15-29-16-24(25-22)11-3-12-26-21(24)14-31-18-8-6-17(7-9-18)19-4-1-2-5-20(19)30-13-10-23(26)28/h1-2,4-5,17-18,21-22,25,27H,3,6-16H2/t17?,18?,21-,22?,24+/m0/s1. The molecular formula is C24H34N2O5. The van der Waals surface area contributed by atoms with Crippen LogP contribution in [0.4, 0.5) is 0 Å². The van der Waals surface area contributed by atoms with Gasteiger partial charge in [-0.25, -0.2) is 0 Å². The van der Waals surface area contributed by atoms with Gasteiger partial charge in [0, 0.05) is 6.54 Å². The number of benzene rings is 1. The van der Waals surface area contributed by atoms with Crippen LogP contribution in [0.15, 0.2) is 24.3 Å². The van der Waals surface area contributed by atoms with Crippen LogP contribution in [0.2, 0.25) is 0 Å². The molecule has 0 aromatic heterocycles. The first-order valence-corrected chi connectivity index (χ1v) is 11.8. The topological polar surface area (TPSA) is 80.3 Å². The van der Waals surface area contributed by atoms with E-state index >= 15 is 0 Å². The Labute approximate surface area is 184 Å². The van der Waals surface area contributed by atoms with Gasteiger partial charge in [-0.15, -0.1) is 0 Å². The fourth-order valence-corrected chi connectivity index (χ4v) is 5.95. The summed E-state index contributed by atoms with van der Waals surface area (Å²) >= 11 is 0. The Morgan fingerprint density at radius 3 is 2.81 bits per heavy atom. The molecule has 2 saturated heterocycles. The number of carbonyl (C=O) groups excluding carboxylic acids is 1. The predicted octanol–water partition coefficient (Wildman–Crippen LogP) is 2.18. The molecule has 1 unspecified atom stereocenters. The molecule has 2 bridgehead atoms. The molecule has 1 spiro atoms. The quantitative estimate of drug-likeness (QED) is 0.657. The summed E-state index contributed by atoms with van der Waals surface area (Å²) in [4.78, 5) is 15.2. The van der Waals surface area contributed by atoms with Gasteiger partial charge in [0.1, 0.15) is 12.0 Å². The molecule has 4 aliphatic heterocycles. The van der Waals surface area contributed by atoms with Crippen LogP contribution in [-0.2, 0) is 14.3 Å². The van der Waals surface area contributed by atoms with Crippen LogP contribution < -0.4 is 10.1 Å². The molecule has 2 N–H and O–H groups in total. The summed E-state index contributed by atoms with van der Waals surface area (Å²) in [6.07, 6.45) is 5.76. The Balaban J connectivity index is 1.41.